The number of hydrogen-bond donors (Lipinski definition) is 0. The maximum atomic E-state index is 12.3. The van der Waals surface area contributed by atoms with Crippen LogP contribution in [0.5, 0.6) is 0 Å². The van der Waals surface area contributed by atoms with Gasteiger partial charge in [0.05, 0.1) is 15.1 Å². The Bertz CT molecular complexity index is 800. The van der Waals surface area contributed by atoms with E-state index in [1.54, 1.807) is 26.0 Å². The lowest BCUT2D eigenvalue weighted by molar-refractivity contribution is -0.111. The van der Waals surface area contributed by atoms with Crippen molar-refractivity contribution in [2.45, 2.75) is 25.7 Å². The van der Waals surface area contributed by atoms with Crippen molar-refractivity contribution >= 4 is 37.4 Å². The average Bonchev–Trinajstić information content (AvgIpc) is 2.42. The molecular weight excluding hydrogens is 354 g/mol. The number of ketones is 1. The lowest BCUT2D eigenvalue weighted by atomic mass is 9.99. The summed E-state index contributed by atoms with van der Waals surface area (Å²) in [5.41, 5.74) is 2.21. The van der Waals surface area contributed by atoms with Crippen LogP contribution in [0.1, 0.15) is 19.4 Å². The van der Waals surface area contributed by atoms with Gasteiger partial charge in [-0.2, -0.15) is 12.8 Å². The molecule has 21 heavy (non-hydrogen) atoms. The summed E-state index contributed by atoms with van der Waals surface area (Å²) in [5.74, 6) is -0.154. The topological polar surface area (TPSA) is 63.6 Å². The molecule has 0 N–H and O–H groups in total. The Hall–Kier alpha value is -1.53. The Morgan fingerprint density at radius 1 is 1.05 bits per heavy atom. The molecular formula is C15H14BrNO3S. The second-order valence-corrected chi connectivity index (χ2v) is 7.26. The van der Waals surface area contributed by atoms with Crippen molar-refractivity contribution in [3.8, 4) is 0 Å². The number of carbonyl (C=O) groups is 1. The summed E-state index contributed by atoms with van der Waals surface area (Å²) in [4.78, 5) is 11.9. The van der Waals surface area contributed by atoms with E-state index in [1.807, 2.05) is 6.92 Å². The van der Waals surface area contributed by atoms with Crippen molar-refractivity contribution in [2.24, 2.45) is 4.40 Å². The highest BCUT2D eigenvalue weighted by Gasteiger charge is 2.23. The van der Waals surface area contributed by atoms with E-state index in [2.05, 4.69) is 20.3 Å². The van der Waals surface area contributed by atoms with E-state index in [-0.39, 0.29) is 16.4 Å². The van der Waals surface area contributed by atoms with E-state index >= 15 is 0 Å². The van der Waals surface area contributed by atoms with Crippen LogP contribution < -0.4 is 0 Å². The van der Waals surface area contributed by atoms with E-state index in [0.717, 1.165) is 5.56 Å². The van der Waals surface area contributed by atoms with Crippen molar-refractivity contribution < 1.29 is 13.2 Å². The molecule has 1 aliphatic carbocycles. The van der Waals surface area contributed by atoms with Crippen LogP contribution in [0.25, 0.3) is 0 Å². The molecule has 0 bridgehead atoms. The summed E-state index contributed by atoms with van der Waals surface area (Å²) in [6.45, 7) is 5.17. The Morgan fingerprint density at radius 3 is 2.19 bits per heavy atom. The van der Waals surface area contributed by atoms with Gasteiger partial charge in [-0.15, -0.1) is 0 Å². The fraction of sp³-hybridized carbons (Fsp3) is 0.200. The van der Waals surface area contributed by atoms with Gasteiger partial charge in [-0.3, -0.25) is 4.79 Å². The number of hydrogen-bond acceptors (Lipinski definition) is 3. The minimum atomic E-state index is -3.80. The van der Waals surface area contributed by atoms with Crippen LogP contribution in [0.2, 0.25) is 0 Å². The summed E-state index contributed by atoms with van der Waals surface area (Å²) in [7, 11) is -3.80. The van der Waals surface area contributed by atoms with E-state index in [9.17, 15) is 13.2 Å². The molecule has 0 amide bonds. The van der Waals surface area contributed by atoms with Gasteiger partial charge in [-0.05, 0) is 66.1 Å². The molecule has 0 fully saturated rings. The van der Waals surface area contributed by atoms with Crippen LogP contribution in [0, 0.1) is 6.92 Å². The minimum absolute atomic E-state index is 0.132. The van der Waals surface area contributed by atoms with Gasteiger partial charge in [-0.1, -0.05) is 17.7 Å². The minimum Gasteiger partial charge on any atom is -0.288 e. The average molecular weight is 368 g/mol. The largest absolute Gasteiger partial charge is 0.288 e. The van der Waals surface area contributed by atoms with E-state index in [4.69, 9.17) is 0 Å². The number of nitrogens with zero attached hydrogens (tertiary/aromatic N) is 1. The molecule has 1 aliphatic rings. The van der Waals surface area contributed by atoms with Crippen molar-refractivity contribution in [3.63, 3.8) is 0 Å². The first-order valence-corrected chi connectivity index (χ1v) is 8.47. The zero-order valence-electron chi connectivity index (χ0n) is 11.8. The van der Waals surface area contributed by atoms with Gasteiger partial charge in [0, 0.05) is 0 Å². The van der Waals surface area contributed by atoms with Gasteiger partial charge in [-0.25, -0.2) is 0 Å². The molecule has 110 valence electrons. The van der Waals surface area contributed by atoms with Crippen molar-refractivity contribution in [3.05, 3.63) is 51.5 Å². The van der Waals surface area contributed by atoms with Gasteiger partial charge < -0.3 is 0 Å². The number of halogens is 1. The Labute approximate surface area is 132 Å². The number of Topliss-reactive ketones (excluding diaryl/α,β-unsaturated/α-hetero) is 1. The molecule has 0 unspecified atom stereocenters. The third-order valence-corrected chi connectivity index (χ3v) is 5.42. The third-order valence-electron chi connectivity index (χ3n) is 3.16. The van der Waals surface area contributed by atoms with Crippen molar-refractivity contribution in [1.82, 2.24) is 0 Å². The molecule has 0 spiro atoms. The quantitative estimate of drug-likeness (QED) is 0.753. The van der Waals surface area contributed by atoms with Crippen LogP contribution in [0.3, 0.4) is 0 Å². The molecule has 0 saturated heterocycles. The lowest BCUT2D eigenvalue weighted by Crippen LogP contribution is -2.15. The van der Waals surface area contributed by atoms with E-state index < -0.39 is 10.0 Å². The lowest BCUT2D eigenvalue weighted by Gasteiger charge is -2.13. The number of aryl methyl sites for hydroxylation is 1. The van der Waals surface area contributed by atoms with E-state index in [0.29, 0.717) is 15.6 Å². The predicted octanol–water partition coefficient (Wildman–Crippen LogP) is 3.32. The van der Waals surface area contributed by atoms with E-state index in [1.165, 1.54) is 18.2 Å². The smallest absolute Gasteiger partial charge is 0.282 e. The number of carbonyl (C=O) groups excluding carboxylic acids is 1. The molecule has 1 aromatic rings. The summed E-state index contributed by atoms with van der Waals surface area (Å²) in [6.07, 6.45) is 1.49. The normalized spacial score (nSPS) is 18.2. The highest BCUT2D eigenvalue weighted by Crippen LogP contribution is 2.25. The van der Waals surface area contributed by atoms with Crippen LogP contribution in [-0.2, 0) is 14.8 Å². The Morgan fingerprint density at radius 2 is 1.62 bits per heavy atom. The zero-order chi connectivity index (χ0) is 15.8. The monoisotopic (exact) mass is 367 g/mol. The van der Waals surface area contributed by atoms with Crippen molar-refractivity contribution in [2.75, 3.05) is 0 Å². The van der Waals surface area contributed by atoms with Gasteiger partial charge >= 0.3 is 0 Å². The first-order valence-electron chi connectivity index (χ1n) is 6.24. The van der Waals surface area contributed by atoms with Gasteiger partial charge in [0.15, 0.2) is 5.78 Å². The maximum Gasteiger partial charge on any atom is 0.282 e. The Balaban J connectivity index is 2.52. The first-order chi connectivity index (χ1) is 9.72. The molecule has 6 heteroatoms. The molecule has 0 saturated carbocycles. The highest BCUT2D eigenvalue weighted by atomic mass is 79.9. The predicted molar refractivity (Wildman–Crippen MR) is 86.2 cm³/mol. The Kier molecular flexibility index (Phi) is 4.30. The van der Waals surface area contributed by atoms with Gasteiger partial charge in [0.25, 0.3) is 10.0 Å². The molecule has 0 atom stereocenters. The summed E-state index contributed by atoms with van der Waals surface area (Å²) in [5, 5.41) is 0. The van der Waals surface area contributed by atoms with Crippen LogP contribution in [-0.4, -0.2) is 19.9 Å². The maximum absolute atomic E-state index is 12.3. The molecule has 2 rings (SSSR count). The van der Waals surface area contributed by atoms with Crippen LogP contribution in [0.15, 0.2) is 55.3 Å². The first kappa shape index (κ1) is 15.9. The molecule has 0 radical (unpaired) electrons. The summed E-state index contributed by atoms with van der Waals surface area (Å²) in [6, 6.07) is 6.48. The number of rotatable bonds is 2. The summed E-state index contributed by atoms with van der Waals surface area (Å²) < 4.78 is 28.8. The van der Waals surface area contributed by atoms with Crippen molar-refractivity contribution in [1.29, 1.82) is 0 Å². The third kappa shape index (κ3) is 3.22. The number of benzene rings is 1. The molecule has 1 aromatic carbocycles. The second kappa shape index (κ2) is 5.69. The molecule has 0 heterocycles. The van der Waals surface area contributed by atoms with Gasteiger partial charge in [0.2, 0.25) is 0 Å². The zero-order valence-corrected chi connectivity index (χ0v) is 14.2. The fourth-order valence-corrected chi connectivity index (χ4v) is 3.37. The molecule has 4 nitrogen and oxygen atoms in total. The highest BCUT2D eigenvalue weighted by molar-refractivity contribution is 9.12. The van der Waals surface area contributed by atoms with Crippen LogP contribution in [0.4, 0.5) is 0 Å². The fourth-order valence-electron chi connectivity index (χ4n) is 1.82. The number of sulfonamides is 1. The SMILES string of the molecule is CC1=CC(=NS(=O)(=O)c2ccc(C)cc2)C(C)=C(Br)C1=O. The van der Waals surface area contributed by atoms with Crippen LogP contribution >= 0.6 is 15.9 Å². The molecule has 0 aliphatic heterocycles. The standard InChI is InChI=1S/C15H14BrNO3S/c1-9-4-6-12(7-5-9)21(19,20)17-13-8-10(2)15(18)14(16)11(13)3/h4-8H,1-3H3. The summed E-state index contributed by atoms with van der Waals surface area (Å²) >= 11 is 3.19. The molecule has 0 aromatic heterocycles. The number of allylic oxidation sites excluding steroid dienone is 4. The second-order valence-electron chi connectivity index (χ2n) is 4.86. The van der Waals surface area contributed by atoms with Gasteiger partial charge in [0.1, 0.15) is 0 Å².